The third kappa shape index (κ3) is 1.71. The first kappa shape index (κ1) is 9.73. The molecule has 1 aromatic heterocycles. The minimum atomic E-state index is 0.427. The summed E-state index contributed by atoms with van der Waals surface area (Å²) in [6.07, 6.45) is 1.73. The molecule has 1 aromatic carbocycles. The summed E-state index contributed by atoms with van der Waals surface area (Å²) in [4.78, 5) is 0. The molecule has 2 aromatic rings. The Labute approximate surface area is 88.3 Å². The molecule has 0 bridgehead atoms. The zero-order valence-electron chi connectivity index (χ0n) is 8.55. The van der Waals surface area contributed by atoms with E-state index < -0.39 is 0 Å². The molecule has 78 valence electrons. The normalized spacial score (nSPS) is 10.3. The van der Waals surface area contributed by atoms with Crippen LogP contribution in [-0.4, -0.2) is 16.9 Å². The van der Waals surface area contributed by atoms with E-state index in [2.05, 4.69) is 5.10 Å². The quantitative estimate of drug-likeness (QED) is 0.819. The Balaban J connectivity index is 2.49. The number of nitrogens with two attached hydrogens (primary N) is 1. The van der Waals surface area contributed by atoms with Crippen molar-refractivity contribution in [1.82, 2.24) is 9.78 Å². The van der Waals surface area contributed by atoms with Crippen LogP contribution in [0.5, 0.6) is 5.88 Å². The van der Waals surface area contributed by atoms with Gasteiger partial charge in [0.2, 0.25) is 5.88 Å². The summed E-state index contributed by atoms with van der Waals surface area (Å²) >= 11 is 0. The van der Waals surface area contributed by atoms with Crippen LogP contribution < -0.4 is 10.5 Å². The maximum Gasteiger partial charge on any atom is 0.220 e. The van der Waals surface area contributed by atoms with Gasteiger partial charge in [-0.25, -0.2) is 4.68 Å². The average Bonchev–Trinajstić information content (AvgIpc) is 2.72. The van der Waals surface area contributed by atoms with Crippen LogP contribution in [0.25, 0.3) is 5.69 Å². The van der Waals surface area contributed by atoms with E-state index in [0.717, 1.165) is 11.3 Å². The highest BCUT2D eigenvalue weighted by molar-refractivity contribution is 5.37. The molecule has 0 fully saturated rings. The summed E-state index contributed by atoms with van der Waals surface area (Å²) in [5.74, 6) is 0.698. The monoisotopic (exact) mass is 203 g/mol. The number of benzene rings is 1. The van der Waals surface area contributed by atoms with Gasteiger partial charge in [0.15, 0.2) is 0 Å². The number of aromatic nitrogens is 2. The first-order valence-corrected chi connectivity index (χ1v) is 4.73. The standard InChI is InChI=1S/C11H13N3O/c1-15-11-9(7-12)8-13-14(11)10-5-3-2-4-6-10/h2-6,8H,7,12H2,1H3. The fraction of sp³-hybridized carbons (Fsp3) is 0.182. The summed E-state index contributed by atoms with van der Waals surface area (Å²) in [7, 11) is 1.62. The Hall–Kier alpha value is -1.81. The van der Waals surface area contributed by atoms with Crippen molar-refractivity contribution in [3.8, 4) is 11.6 Å². The molecule has 0 saturated heterocycles. The summed E-state index contributed by atoms with van der Waals surface area (Å²) in [6, 6.07) is 9.81. The maximum absolute atomic E-state index is 5.58. The molecular weight excluding hydrogens is 190 g/mol. The summed E-state index contributed by atoms with van der Waals surface area (Å²) in [5.41, 5.74) is 7.46. The molecular formula is C11H13N3O. The van der Waals surface area contributed by atoms with Crippen molar-refractivity contribution in [2.45, 2.75) is 6.54 Å². The summed E-state index contributed by atoms with van der Waals surface area (Å²) < 4.78 is 7.02. The van der Waals surface area contributed by atoms with Crippen LogP contribution in [0.4, 0.5) is 0 Å². The van der Waals surface area contributed by atoms with Crippen LogP contribution in [0.15, 0.2) is 36.5 Å². The smallest absolute Gasteiger partial charge is 0.220 e. The zero-order valence-corrected chi connectivity index (χ0v) is 8.55. The highest BCUT2D eigenvalue weighted by Gasteiger charge is 2.10. The summed E-state index contributed by atoms with van der Waals surface area (Å²) in [6.45, 7) is 0.427. The number of ether oxygens (including phenoxy) is 1. The van der Waals surface area contributed by atoms with Crippen LogP contribution in [0.2, 0.25) is 0 Å². The van der Waals surface area contributed by atoms with Crippen LogP contribution in [-0.2, 0) is 6.54 Å². The number of nitrogens with zero attached hydrogens (tertiary/aromatic N) is 2. The van der Waals surface area contributed by atoms with Gasteiger partial charge < -0.3 is 10.5 Å². The molecule has 0 aliphatic rings. The third-order valence-electron chi connectivity index (χ3n) is 2.21. The van der Waals surface area contributed by atoms with Gasteiger partial charge in [0.25, 0.3) is 0 Å². The predicted octanol–water partition coefficient (Wildman–Crippen LogP) is 1.34. The van der Waals surface area contributed by atoms with E-state index in [1.165, 1.54) is 0 Å². The number of methoxy groups -OCH3 is 1. The third-order valence-corrected chi connectivity index (χ3v) is 2.21. The highest BCUT2D eigenvalue weighted by Crippen LogP contribution is 2.21. The molecule has 4 nitrogen and oxygen atoms in total. The zero-order chi connectivity index (χ0) is 10.7. The Kier molecular flexibility index (Phi) is 2.69. The Morgan fingerprint density at radius 1 is 1.33 bits per heavy atom. The van der Waals surface area contributed by atoms with Crippen molar-refractivity contribution in [3.63, 3.8) is 0 Å². The van der Waals surface area contributed by atoms with E-state index in [0.29, 0.717) is 12.4 Å². The van der Waals surface area contributed by atoms with Gasteiger partial charge in [0.05, 0.1) is 19.0 Å². The molecule has 0 radical (unpaired) electrons. The first-order valence-electron chi connectivity index (χ1n) is 4.73. The molecule has 1 heterocycles. The molecule has 2 N–H and O–H groups in total. The van der Waals surface area contributed by atoms with Crippen molar-refractivity contribution in [2.75, 3.05) is 7.11 Å². The molecule has 0 saturated carbocycles. The van der Waals surface area contributed by atoms with E-state index in [-0.39, 0.29) is 0 Å². The summed E-state index contributed by atoms with van der Waals surface area (Å²) in [5, 5.41) is 4.24. The molecule has 15 heavy (non-hydrogen) atoms. The van der Waals surface area contributed by atoms with Crippen LogP contribution in [0, 0.1) is 0 Å². The molecule has 0 spiro atoms. The number of para-hydroxylation sites is 1. The predicted molar refractivity (Wildman–Crippen MR) is 58.0 cm³/mol. The number of rotatable bonds is 3. The minimum Gasteiger partial charge on any atom is -0.481 e. The van der Waals surface area contributed by atoms with E-state index >= 15 is 0 Å². The van der Waals surface area contributed by atoms with E-state index in [1.807, 2.05) is 30.3 Å². The molecule has 0 amide bonds. The second-order valence-corrected chi connectivity index (χ2v) is 3.13. The lowest BCUT2D eigenvalue weighted by Crippen LogP contribution is -2.02. The minimum absolute atomic E-state index is 0.427. The van der Waals surface area contributed by atoms with E-state index in [1.54, 1.807) is 18.0 Å². The molecule has 0 aliphatic carbocycles. The lowest BCUT2D eigenvalue weighted by atomic mass is 10.3. The van der Waals surface area contributed by atoms with Crippen LogP contribution in [0.1, 0.15) is 5.56 Å². The largest absolute Gasteiger partial charge is 0.481 e. The van der Waals surface area contributed by atoms with E-state index in [9.17, 15) is 0 Å². The van der Waals surface area contributed by atoms with Crippen molar-refractivity contribution in [2.24, 2.45) is 5.73 Å². The van der Waals surface area contributed by atoms with Crippen LogP contribution >= 0.6 is 0 Å². The van der Waals surface area contributed by atoms with Gasteiger partial charge in [-0.3, -0.25) is 0 Å². The molecule has 0 unspecified atom stereocenters. The molecule has 2 rings (SSSR count). The Bertz CT molecular complexity index is 436. The fourth-order valence-corrected chi connectivity index (χ4v) is 1.48. The van der Waals surface area contributed by atoms with Gasteiger partial charge in [0, 0.05) is 12.1 Å². The molecule has 0 atom stereocenters. The van der Waals surface area contributed by atoms with Crippen LogP contribution in [0.3, 0.4) is 0 Å². The SMILES string of the molecule is COc1c(CN)cnn1-c1ccccc1. The van der Waals surface area contributed by atoms with Crippen molar-refractivity contribution in [3.05, 3.63) is 42.1 Å². The van der Waals surface area contributed by atoms with Gasteiger partial charge in [-0.1, -0.05) is 18.2 Å². The van der Waals surface area contributed by atoms with Crippen molar-refractivity contribution in [1.29, 1.82) is 0 Å². The van der Waals surface area contributed by atoms with Gasteiger partial charge in [-0.2, -0.15) is 5.10 Å². The fourth-order valence-electron chi connectivity index (χ4n) is 1.48. The number of hydrogen-bond donors (Lipinski definition) is 1. The second kappa shape index (κ2) is 4.14. The van der Waals surface area contributed by atoms with Crippen molar-refractivity contribution < 1.29 is 4.74 Å². The Morgan fingerprint density at radius 3 is 2.67 bits per heavy atom. The number of hydrogen-bond acceptors (Lipinski definition) is 3. The van der Waals surface area contributed by atoms with Gasteiger partial charge in [0.1, 0.15) is 0 Å². The highest BCUT2D eigenvalue weighted by atomic mass is 16.5. The molecule has 4 heteroatoms. The lowest BCUT2D eigenvalue weighted by molar-refractivity contribution is 0.379. The topological polar surface area (TPSA) is 53.1 Å². The van der Waals surface area contributed by atoms with Gasteiger partial charge in [-0.05, 0) is 12.1 Å². The second-order valence-electron chi connectivity index (χ2n) is 3.13. The average molecular weight is 203 g/mol. The van der Waals surface area contributed by atoms with E-state index in [4.69, 9.17) is 10.5 Å². The first-order chi connectivity index (χ1) is 7.36. The van der Waals surface area contributed by atoms with Gasteiger partial charge in [-0.15, -0.1) is 0 Å². The Morgan fingerprint density at radius 2 is 2.07 bits per heavy atom. The van der Waals surface area contributed by atoms with Gasteiger partial charge >= 0.3 is 0 Å². The maximum atomic E-state index is 5.58. The van der Waals surface area contributed by atoms with Crippen molar-refractivity contribution >= 4 is 0 Å². The lowest BCUT2D eigenvalue weighted by Gasteiger charge is -2.06. The molecule has 0 aliphatic heterocycles.